The van der Waals surface area contributed by atoms with E-state index in [2.05, 4.69) is 75.6 Å². The first kappa shape index (κ1) is 38.0. The minimum absolute atomic E-state index is 0. The fourth-order valence-electron chi connectivity index (χ4n) is 5.57. The molecule has 0 spiro atoms. The van der Waals surface area contributed by atoms with Crippen molar-refractivity contribution in [1.29, 1.82) is 0 Å². The summed E-state index contributed by atoms with van der Waals surface area (Å²) in [5.41, 5.74) is 4.88. The van der Waals surface area contributed by atoms with Crippen molar-refractivity contribution >= 4 is 68.0 Å². The van der Waals surface area contributed by atoms with E-state index in [1.165, 1.54) is 18.2 Å². The number of carbonyl (C=O) groups is 1. The van der Waals surface area contributed by atoms with Gasteiger partial charge in [-0.1, -0.05) is 45.0 Å². The number of anilines is 1. The van der Waals surface area contributed by atoms with Crippen LogP contribution in [0.5, 0.6) is 5.88 Å². The van der Waals surface area contributed by atoms with E-state index in [0.717, 1.165) is 49.5 Å². The molecular weight excluding hydrogens is 779 g/mol. The molecule has 0 bridgehead atoms. The Labute approximate surface area is 306 Å². The van der Waals surface area contributed by atoms with Crippen LogP contribution in [0.2, 0.25) is 0 Å². The second-order valence-corrected chi connectivity index (χ2v) is 15.9. The van der Waals surface area contributed by atoms with Gasteiger partial charge in [-0.05, 0) is 89.7 Å². The van der Waals surface area contributed by atoms with Gasteiger partial charge in [-0.2, -0.15) is 4.98 Å². The molecule has 260 valence electrons. The summed E-state index contributed by atoms with van der Waals surface area (Å²) < 4.78 is 38.6. The Morgan fingerprint density at radius 2 is 1.71 bits per heavy atom. The molecule has 5 aromatic rings. The maximum absolute atomic E-state index is 13.4. The van der Waals surface area contributed by atoms with Gasteiger partial charge in [-0.3, -0.25) is 0 Å². The summed E-state index contributed by atoms with van der Waals surface area (Å²) in [4.78, 5) is 25.1. The molecule has 3 heterocycles. The van der Waals surface area contributed by atoms with Crippen LogP contribution in [-0.2, 0) is 23.6 Å². The van der Waals surface area contributed by atoms with Crippen molar-refractivity contribution < 1.29 is 23.1 Å². The number of aryl methyl sites for hydroxylation is 3. The lowest BCUT2D eigenvalue weighted by Crippen LogP contribution is -2.37. The number of aromatic nitrogens is 4. The average Bonchev–Trinajstić information content (AvgIpc) is 3.29. The normalized spacial score (nSPS) is 12.4. The molecule has 0 saturated carbocycles. The highest BCUT2D eigenvalue weighted by Gasteiger charge is 2.23. The molecule has 49 heavy (non-hydrogen) atoms. The van der Waals surface area contributed by atoms with Crippen molar-refractivity contribution in [2.75, 3.05) is 11.3 Å². The lowest BCUT2D eigenvalue weighted by molar-refractivity contribution is 0.0696. The first-order valence-electron chi connectivity index (χ1n) is 15.4. The van der Waals surface area contributed by atoms with Crippen molar-refractivity contribution in [3.05, 3.63) is 92.8 Å². The average molecular weight is 819 g/mol. The molecule has 1 atom stereocenters. The lowest BCUT2D eigenvalue weighted by Gasteiger charge is -2.27. The molecule has 2 aromatic carbocycles. The smallest absolute Gasteiger partial charge is 0.335 e. The Morgan fingerprint density at radius 1 is 1.02 bits per heavy atom. The molecular formula is C35H40ClIN6O5S. The van der Waals surface area contributed by atoms with Gasteiger partial charge in [0.25, 0.3) is 10.0 Å². The van der Waals surface area contributed by atoms with E-state index < -0.39 is 16.0 Å². The van der Waals surface area contributed by atoms with Crippen LogP contribution in [0.4, 0.5) is 5.95 Å². The number of nitrogens with zero attached hydrogens (tertiary/aromatic N) is 4. The van der Waals surface area contributed by atoms with Crippen LogP contribution in [0, 0.1) is 22.8 Å². The fraction of sp³-hybridized carbons (Fsp3) is 0.314. The summed E-state index contributed by atoms with van der Waals surface area (Å²) in [5, 5.41) is 14.1. The maximum Gasteiger partial charge on any atom is 0.335 e. The van der Waals surface area contributed by atoms with Gasteiger partial charge in [0.1, 0.15) is 12.3 Å². The Kier molecular flexibility index (Phi) is 11.9. The Balaban J connectivity index is 0.00000541. The summed E-state index contributed by atoms with van der Waals surface area (Å²) in [5.74, 6) is -1.24. The number of pyridine rings is 1. The van der Waals surface area contributed by atoms with Crippen molar-refractivity contribution in [3.8, 4) is 17.1 Å². The number of carboxylic acid groups (broad SMARTS) is 1. The molecule has 3 aromatic heterocycles. The van der Waals surface area contributed by atoms with Gasteiger partial charge in [0.15, 0.2) is 0 Å². The zero-order chi connectivity index (χ0) is 34.8. The van der Waals surface area contributed by atoms with Gasteiger partial charge in [0, 0.05) is 46.4 Å². The van der Waals surface area contributed by atoms with Crippen molar-refractivity contribution in [2.45, 2.75) is 58.5 Å². The first-order valence-corrected chi connectivity index (χ1v) is 17.9. The Hall–Kier alpha value is -3.79. The summed E-state index contributed by atoms with van der Waals surface area (Å²) >= 11 is 2.32. The van der Waals surface area contributed by atoms with E-state index in [9.17, 15) is 18.3 Å². The SMILES string of the molecule is Cc1cccc(C)c1-c1cc(OC[C@@H](CC(C)(C)C)NCc2ccc3c(I)cn(C)c3n2)nc(NS(=O)(=O)c2cccc(C(=O)O)c2)n1.Cl. The van der Waals surface area contributed by atoms with Crippen molar-refractivity contribution in [1.82, 2.24) is 24.8 Å². The van der Waals surface area contributed by atoms with Gasteiger partial charge in [0.05, 0.1) is 21.8 Å². The fourth-order valence-corrected chi connectivity index (χ4v) is 7.40. The second kappa shape index (κ2) is 15.4. The molecule has 5 rings (SSSR count). The summed E-state index contributed by atoms with van der Waals surface area (Å²) in [6.45, 7) is 11.2. The molecule has 3 N–H and O–H groups in total. The number of hydrogen-bond donors (Lipinski definition) is 3. The third-order valence-corrected chi connectivity index (χ3v) is 9.94. The van der Waals surface area contributed by atoms with Crippen molar-refractivity contribution in [2.24, 2.45) is 12.5 Å². The quantitative estimate of drug-likeness (QED) is 0.112. The highest BCUT2D eigenvalue weighted by atomic mass is 127. The van der Waals surface area contributed by atoms with Gasteiger partial charge in [-0.15, -0.1) is 12.4 Å². The van der Waals surface area contributed by atoms with Crippen molar-refractivity contribution in [3.63, 3.8) is 0 Å². The number of rotatable bonds is 12. The number of nitrogens with one attached hydrogen (secondary N) is 2. The minimum Gasteiger partial charge on any atom is -0.478 e. The van der Waals surface area contributed by atoms with Crippen LogP contribution in [-0.4, -0.2) is 51.7 Å². The van der Waals surface area contributed by atoms with E-state index in [1.807, 2.05) is 49.7 Å². The molecule has 0 radical (unpaired) electrons. The van der Waals surface area contributed by atoms with Gasteiger partial charge in [-0.25, -0.2) is 27.9 Å². The van der Waals surface area contributed by atoms with Gasteiger partial charge >= 0.3 is 5.97 Å². The molecule has 11 nitrogen and oxygen atoms in total. The Bertz CT molecular complexity index is 2080. The zero-order valence-electron chi connectivity index (χ0n) is 28.1. The molecule has 0 aliphatic heterocycles. The van der Waals surface area contributed by atoms with E-state index in [1.54, 1.807) is 6.07 Å². The number of sulfonamides is 1. The number of halogens is 2. The molecule has 0 saturated heterocycles. The molecule has 0 aliphatic rings. The third kappa shape index (κ3) is 9.47. The number of benzene rings is 2. The van der Waals surface area contributed by atoms with Gasteiger partial charge in [0.2, 0.25) is 11.8 Å². The molecule has 14 heteroatoms. The topological polar surface area (TPSA) is 148 Å². The summed E-state index contributed by atoms with van der Waals surface area (Å²) in [6, 6.07) is 16.7. The highest BCUT2D eigenvalue weighted by molar-refractivity contribution is 14.1. The molecule has 0 amide bonds. The second-order valence-electron chi connectivity index (χ2n) is 13.0. The predicted molar refractivity (Wildman–Crippen MR) is 202 cm³/mol. The summed E-state index contributed by atoms with van der Waals surface area (Å²) in [7, 11) is -2.25. The van der Waals surface area contributed by atoms with E-state index in [4.69, 9.17) is 9.72 Å². The minimum atomic E-state index is -4.23. The van der Waals surface area contributed by atoms with E-state index in [0.29, 0.717) is 12.2 Å². The standard InChI is InChI=1S/C35H39IN6O5S.ClH/c1-21-9-7-10-22(2)31(21)29-16-30(40-34(39-29)41-48(45,46)26-12-8-11-23(15-26)33(43)44)47-20-25(17-35(3,4)5)37-18-24-13-14-27-28(36)19-42(6)32(27)38-24;/h7-16,19,25,37H,17-18,20H2,1-6H3,(H,43,44)(H,39,40,41);1H/t25-;/m1./s1. The van der Waals surface area contributed by atoms with Crippen LogP contribution in [0.25, 0.3) is 22.3 Å². The number of carboxylic acids is 1. The largest absolute Gasteiger partial charge is 0.478 e. The summed E-state index contributed by atoms with van der Waals surface area (Å²) in [6.07, 6.45) is 2.84. The van der Waals surface area contributed by atoms with E-state index >= 15 is 0 Å². The number of aromatic carboxylic acids is 1. The third-order valence-electron chi connectivity index (χ3n) is 7.75. The van der Waals surface area contributed by atoms with Crippen LogP contribution in [0.15, 0.2) is 71.8 Å². The first-order chi connectivity index (χ1) is 22.6. The van der Waals surface area contributed by atoms with Crippen LogP contribution >= 0.6 is 35.0 Å². The molecule has 0 unspecified atom stereocenters. The van der Waals surface area contributed by atoms with Crippen LogP contribution < -0.4 is 14.8 Å². The van der Waals surface area contributed by atoms with Crippen LogP contribution in [0.3, 0.4) is 0 Å². The van der Waals surface area contributed by atoms with Gasteiger partial charge < -0.3 is 19.7 Å². The number of fused-ring (bicyclic) bond motifs is 1. The molecule has 0 fully saturated rings. The predicted octanol–water partition coefficient (Wildman–Crippen LogP) is 7.15. The number of hydrogen-bond acceptors (Lipinski definition) is 8. The van der Waals surface area contributed by atoms with Crippen LogP contribution in [0.1, 0.15) is 54.4 Å². The van der Waals surface area contributed by atoms with E-state index in [-0.39, 0.29) is 52.8 Å². The number of ether oxygens (including phenoxy) is 1. The monoisotopic (exact) mass is 818 g/mol. The molecule has 0 aliphatic carbocycles. The highest BCUT2D eigenvalue weighted by Crippen LogP contribution is 2.30. The lowest BCUT2D eigenvalue weighted by atomic mass is 9.88. The Morgan fingerprint density at radius 3 is 2.39 bits per heavy atom. The zero-order valence-corrected chi connectivity index (χ0v) is 31.9. The maximum atomic E-state index is 13.4.